The summed E-state index contributed by atoms with van der Waals surface area (Å²) in [7, 11) is 3.39. The van der Waals surface area contributed by atoms with Crippen LogP contribution in [0.1, 0.15) is 42.6 Å². The van der Waals surface area contributed by atoms with E-state index in [1.54, 1.807) is 43.8 Å². The second-order valence-electron chi connectivity index (χ2n) is 8.76. The van der Waals surface area contributed by atoms with Crippen LogP contribution in [0.3, 0.4) is 0 Å². The fraction of sp³-hybridized carbons (Fsp3) is 0.320. The number of pyridine rings is 1. The van der Waals surface area contributed by atoms with Gasteiger partial charge in [-0.1, -0.05) is 13.0 Å². The van der Waals surface area contributed by atoms with Crippen LogP contribution >= 0.6 is 0 Å². The number of aryl methyl sites for hydroxylation is 1. The highest BCUT2D eigenvalue weighted by atomic mass is 16.5. The number of nitrogens with zero attached hydrogens (tertiary/aromatic N) is 6. The second kappa shape index (κ2) is 9.78. The van der Waals surface area contributed by atoms with Gasteiger partial charge < -0.3 is 25.0 Å². The molecule has 186 valence electrons. The van der Waals surface area contributed by atoms with Gasteiger partial charge in [0.1, 0.15) is 18.0 Å². The summed E-state index contributed by atoms with van der Waals surface area (Å²) in [5.41, 5.74) is 2.45. The highest BCUT2D eigenvalue weighted by Crippen LogP contribution is 2.38. The Morgan fingerprint density at radius 3 is 2.67 bits per heavy atom. The van der Waals surface area contributed by atoms with Crippen molar-refractivity contribution >= 4 is 28.8 Å². The Hall–Kier alpha value is -4.25. The number of ketones is 1. The third-order valence-corrected chi connectivity index (χ3v) is 6.22. The molecule has 1 fully saturated rings. The summed E-state index contributed by atoms with van der Waals surface area (Å²) in [5, 5.41) is 20.5. The maximum atomic E-state index is 12.7. The van der Waals surface area contributed by atoms with Crippen molar-refractivity contribution in [3.63, 3.8) is 0 Å². The van der Waals surface area contributed by atoms with Crippen molar-refractivity contribution in [2.45, 2.75) is 38.3 Å². The monoisotopic (exact) mass is 488 g/mol. The minimum absolute atomic E-state index is 0.0362. The van der Waals surface area contributed by atoms with E-state index in [2.05, 4.69) is 30.7 Å². The van der Waals surface area contributed by atoms with Crippen molar-refractivity contribution in [2.75, 3.05) is 17.7 Å². The molecule has 0 amide bonds. The molecule has 0 spiro atoms. The molecule has 3 aromatic heterocycles. The standard InChI is InChI=1S/C25H28N8O3/c1-4-21(35)18-11-26-22(30-23-12-33(14-27-23)15-8-16(34)9-15)10-20(18)29-19-7-5-6-17(24(19)36-3)25-28-13-32(2)31-25/h5-7,10-16,34H,4,8-9H2,1-3H3,(H2,26,29,30)/t15-,16+. The fourth-order valence-electron chi connectivity index (χ4n) is 4.21. The minimum Gasteiger partial charge on any atom is -0.494 e. The number of benzene rings is 1. The second-order valence-corrected chi connectivity index (χ2v) is 8.76. The average Bonchev–Trinajstić information content (AvgIpc) is 3.50. The number of hydrogen-bond acceptors (Lipinski definition) is 9. The lowest BCUT2D eigenvalue weighted by Crippen LogP contribution is -2.30. The van der Waals surface area contributed by atoms with Gasteiger partial charge in [-0.25, -0.2) is 15.0 Å². The highest BCUT2D eigenvalue weighted by molar-refractivity contribution is 6.02. The van der Waals surface area contributed by atoms with Gasteiger partial charge in [-0.05, 0) is 25.0 Å². The smallest absolute Gasteiger partial charge is 0.184 e. The molecule has 0 radical (unpaired) electrons. The molecule has 11 heteroatoms. The molecule has 1 aromatic carbocycles. The van der Waals surface area contributed by atoms with Gasteiger partial charge in [-0.2, -0.15) is 5.10 Å². The van der Waals surface area contributed by atoms with Crippen molar-refractivity contribution in [1.82, 2.24) is 29.3 Å². The predicted molar refractivity (Wildman–Crippen MR) is 135 cm³/mol. The normalized spacial score (nSPS) is 16.9. The predicted octanol–water partition coefficient (Wildman–Crippen LogP) is 3.86. The van der Waals surface area contributed by atoms with Gasteiger partial charge in [-0.3, -0.25) is 9.48 Å². The van der Waals surface area contributed by atoms with Gasteiger partial charge in [0.05, 0.1) is 42.0 Å². The number of methoxy groups -OCH3 is 1. The van der Waals surface area contributed by atoms with Crippen LogP contribution in [-0.4, -0.2) is 53.4 Å². The molecule has 1 aliphatic carbocycles. The Balaban J connectivity index is 1.45. The number of imidazole rings is 1. The van der Waals surface area contributed by atoms with E-state index in [0.717, 1.165) is 18.4 Å². The molecule has 4 aromatic rings. The Bertz CT molecular complexity index is 1390. The molecule has 1 aliphatic rings. The molecule has 0 bridgehead atoms. The zero-order valence-electron chi connectivity index (χ0n) is 20.3. The van der Waals surface area contributed by atoms with Crippen LogP contribution in [-0.2, 0) is 7.05 Å². The van der Waals surface area contributed by atoms with E-state index in [0.29, 0.717) is 46.6 Å². The number of aliphatic hydroxyl groups excluding tert-OH is 1. The summed E-state index contributed by atoms with van der Waals surface area (Å²) in [4.78, 5) is 25.9. The van der Waals surface area contributed by atoms with Gasteiger partial charge in [0.2, 0.25) is 0 Å². The molecule has 36 heavy (non-hydrogen) atoms. The van der Waals surface area contributed by atoms with E-state index in [9.17, 15) is 9.90 Å². The van der Waals surface area contributed by atoms with Gasteiger partial charge >= 0.3 is 0 Å². The number of ether oxygens (including phenoxy) is 1. The van der Waals surface area contributed by atoms with E-state index in [1.165, 1.54) is 0 Å². The van der Waals surface area contributed by atoms with Crippen molar-refractivity contribution in [1.29, 1.82) is 0 Å². The molecular weight excluding hydrogens is 460 g/mol. The number of carbonyl (C=O) groups is 1. The van der Waals surface area contributed by atoms with Gasteiger partial charge in [0.25, 0.3) is 0 Å². The van der Waals surface area contributed by atoms with Crippen LogP contribution in [0.25, 0.3) is 11.4 Å². The summed E-state index contributed by atoms with van der Waals surface area (Å²) in [6.45, 7) is 1.82. The summed E-state index contributed by atoms with van der Waals surface area (Å²) < 4.78 is 9.33. The molecule has 0 unspecified atom stereocenters. The van der Waals surface area contributed by atoms with Crippen LogP contribution < -0.4 is 15.4 Å². The number of para-hydroxylation sites is 1. The lowest BCUT2D eigenvalue weighted by Gasteiger charge is -2.32. The zero-order valence-corrected chi connectivity index (χ0v) is 20.3. The quantitative estimate of drug-likeness (QED) is 0.300. The van der Waals surface area contributed by atoms with Crippen molar-refractivity contribution < 1.29 is 14.6 Å². The van der Waals surface area contributed by atoms with Gasteiger partial charge in [-0.15, -0.1) is 0 Å². The lowest BCUT2D eigenvalue weighted by molar-refractivity contribution is 0.0485. The zero-order chi connectivity index (χ0) is 25.2. The minimum atomic E-state index is -0.239. The first-order valence-corrected chi connectivity index (χ1v) is 11.8. The molecule has 0 saturated heterocycles. The Kier molecular flexibility index (Phi) is 6.38. The maximum absolute atomic E-state index is 12.7. The third-order valence-electron chi connectivity index (χ3n) is 6.22. The summed E-state index contributed by atoms with van der Waals surface area (Å²) in [6.07, 6.45) is 8.38. The first kappa shape index (κ1) is 23.5. The van der Waals surface area contributed by atoms with Gasteiger partial charge in [0.15, 0.2) is 17.4 Å². The number of hydrogen-bond donors (Lipinski definition) is 3. The lowest BCUT2D eigenvalue weighted by atomic mass is 9.89. The Morgan fingerprint density at radius 1 is 1.14 bits per heavy atom. The Morgan fingerprint density at radius 2 is 1.97 bits per heavy atom. The highest BCUT2D eigenvalue weighted by Gasteiger charge is 2.28. The molecule has 3 N–H and O–H groups in total. The third kappa shape index (κ3) is 4.65. The van der Waals surface area contributed by atoms with E-state index in [1.807, 2.05) is 35.9 Å². The van der Waals surface area contributed by atoms with Gasteiger partial charge in [0, 0.05) is 38.0 Å². The molecule has 0 atom stereocenters. The average molecular weight is 489 g/mol. The van der Waals surface area contributed by atoms with E-state index in [4.69, 9.17) is 4.74 Å². The van der Waals surface area contributed by atoms with E-state index < -0.39 is 0 Å². The molecular formula is C25H28N8O3. The summed E-state index contributed by atoms with van der Waals surface area (Å²) in [5.74, 6) is 2.22. The Labute approximate surface area is 208 Å². The molecule has 5 rings (SSSR count). The summed E-state index contributed by atoms with van der Waals surface area (Å²) >= 11 is 0. The number of aliphatic hydroxyl groups is 1. The number of Topliss-reactive ketones (excluding diaryl/α,β-unsaturated/α-hetero) is 1. The number of aromatic nitrogens is 6. The SMILES string of the molecule is CCC(=O)c1cnc(Nc2cn([C@H]3C[C@@H](O)C3)cn2)cc1Nc1cccc(-c2ncn(C)n2)c1OC. The van der Waals surface area contributed by atoms with Crippen LogP contribution in [0.5, 0.6) is 5.75 Å². The van der Waals surface area contributed by atoms with Crippen molar-refractivity contribution in [2.24, 2.45) is 7.05 Å². The first-order chi connectivity index (χ1) is 17.4. The van der Waals surface area contributed by atoms with Crippen molar-refractivity contribution in [3.05, 3.63) is 54.9 Å². The number of rotatable bonds is 9. The maximum Gasteiger partial charge on any atom is 0.184 e. The van der Waals surface area contributed by atoms with E-state index >= 15 is 0 Å². The van der Waals surface area contributed by atoms with Crippen LogP contribution in [0, 0.1) is 0 Å². The topological polar surface area (TPSA) is 132 Å². The number of carbonyl (C=O) groups excluding carboxylic acids is 1. The molecule has 11 nitrogen and oxygen atoms in total. The van der Waals surface area contributed by atoms with Crippen molar-refractivity contribution in [3.8, 4) is 17.1 Å². The number of nitrogens with one attached hydrogen (secondary N) is 2. The van der Waals surface area contributed by atoms with E-state index in [-0.39, 0.29) is 17.9 Å². The van der Waals surface area contributed by atoms with Crippen LogP contribution in [0.4, 0.5) is 23.0 Å². The molecule has 0 aliphatic heterocycles. The van der Waals surface area contributed by atoms with Crippen LogP contribution in [0.15, 0.2) is 49.3 Å². The largest absolute Gasteiger partial charge is 0.494 e. The first-order valence-electron chi connectivity index (χ1n) is 11.8. The fourth-order valence-corrected chi connectivity index (χ4v) is 4.21. The molecule has 3 heterocycles. The number of anilines is 4. The molecule has 1 saturated carbocycles. The van der Waals surface area contributed by atoms with Crippen LogP contribution in [0.2, 0.25) is 0 Å². The summed E-state index contributed by atoms with van der Waals surface area (Å²) in [6, 6.07) is 7.66.